The number of amides is 1. The van der Waals surface area contributed by atoms with Gasteiger partial charge in [-0.2, -0.15) is 10.1 Å². The molecule has 1 aliphatic heterocycles. The van der Waals surface area contributed by atoms with Crippen molar-refractivity contribution >= 4 is 23.2 Å². The van der Waals surface area contributed by atoms with Crippen molar-refractivity contribution in [1.82, 2.24) is 9.99 Å². The fourth-order valence-electron chi connectivity index (χ4n) is 2.57. The van der Waals surface area contributed by atoms with E-state index in [1.54, 1.807) is 48.8 Å². The number of rotatable bonds is 3. The number of aromatic nitrogens is 1. The highest BCUT2D eigenvalue weighted by Crippen LogP contribution is 2.36. The van der Waals surface area contributed by atoms with Gasteiger partial charge in [0.05, 0.1) is 0 Å². The number of hydrazone groups is 1. The Kier molecular flexibility index (Phi) is 4.15. The number of carbonyl (C=O) groups excluding carboxylic acids is 1. The Morgan fingerprint density at radius 1 is 1.35 bits per heavy atom. The van der Waals surface area contributed by atoms with E-state index in [0.29, 0.717) is 22.6 Å². The standard InChI is InChI=1S/C17H16ClN3O2/c1-2-15-10-17(23,13-4-3-9-19-11-13)21(20-15)16(22)12-5-7-14(18)8-6-12/h3-9,11,23H,2,10H2,1H3/t17-/m1/s1. The van der Waals surface area contributed by atoms with Crippen molar-refractivity contribution in [2.45, 2.75) is 25.5 Å². The number of pyridine rings is 1. The summed E-state index contributed by atoms with van der Waals surface area (Å²) in [5.41, 5.74) is 0.196. The Labute approximate surface area is 139 Å². The fraction of sp³-hybridized carbons (Fsp3) is 0.235. The van der Waals surface area contributed by atoms with Crippen LogP contribution < -0.4 is 0 Å². The van der Waals surface area contributed by atoms with E-state index in [1.807, 2.05) is 6.92 Å². The predicted molar refractivity (Wildman–Crippen MR) is 88.1 cm³/mol. The first kappa shape index (κ1) is 15.6. The zero-order chi connectivity index (χ0) is 16.4. The van der Waals surface area contributed by atoms with Crippen LogP contribution in [0.1, 0.15) is 35.7 Å². The van der Waals surface area contributed by atoms with Gasteiger partial charge in [-0.05, 0) is 36.8 Å². The molecule has 3 rings (SSSR count). The molecule has 5 nitrogen and oxygen atoms in total. The molecule has 2 heterocycles. The molecule has 1 aromatic carbocycles. The van der Waals surface area contributed by atoms with Crippen LogP contribution in [0.4, 0.5) is 0 Å². The van der Waals surface area contributed by atoms with Crippen LogP contribution in [-0.4, -0.2) is 26.7 Å². The lowest BCUT2D eigenvalue weighted by Crippen LogP contribution is -2.43. The summed E-state index contributed by atoms with van der Waals surface area (Å²) in [6.07, 6.45) is 4.10. The third-order valence-corrected chi connectivity index (χ3v) is 4.11. The van der Waals surface area contributed by atoms with Gasteiger partial charge in [-0.3, -0.25) is 9.78 Å². The van der Waals surface area contributed by atoms with Gasteiger partial charge in [0, 0.05) is 40.7 Å². The first-order valence-electron chi connectivity index (χ1n) is 7.34. The van der Waals surface area contributed by atoms with Crippen LogP contribution >= 0.6 is 11.6 Å². The third kappa shape index (κ3) is 2.85. The minimum Gasteiger partial charge on any atom is -0.365 e. The number of benzene rings is 1. The molecule has 0 bridgehead atoms. The summed E-state index contributed by atoms with van der Waals surface area (Å²) in [5, 5.41) is 17.1. The van der Waals surface area contributed by atoms with Gasteiger partial charge in [-0.1, -0.05) is 24.6 Å². The number of halogens is 1. The van der Waals surface area contributed by atoms with Gasteiger partial charge in [-0.15, -0.1) is 0 Å². The molecule has 1 aromatic heterocycles. The van der Waals surface area contributed by atoms with E-state index in [1.165, 1.54) is 0 Å². The van der Waals surface area contributed by atoms with Crippen LogP contribution in [0, 0.1) is 0 Å². The third-order valence-electron chi connectivity index (χ3n) is 3.86. The van der Waals surface area contributed by atoms with Gasteiger partial charge in [0.2, 0.25) is 0 Å². The van der Waals surface area contributed by atoms with E-state index in [2.05, 4.69) is 10.1 Å². The van der Waals surface area contributed by atoms with Gasteiger partial charge in [0.15, 0.2) is 5.72 Å². The van der Waals surface area contributed by atoms with Crippen LogP contribution in [0.25, 0.3) is 0 Å². The monoisotopic (exact) mass is 329 g/mol. The van der Waals surface area contributed by atoms with Gasteiger partial charge in [0.1, 0.15) is 0 Å². The van der Waals surface area contributed by atoms with E-state index in [-0.39, 0.29) is 12.3 Å². The smallest absolute Gasteiger partial charge is 0.276 e. The highest BCUT2D eigenvalue weighted by atomic mass is 35.5. The molecule has 118 valence electrons. The van der Waals surface area contributed by atoms with Gasteiger partial charge >= 0.3 is 0 Å². The van der Waals surface area contributed by atoms with Crippen LogP contribution in [-0.2, 0) is 5.72 Å². The maximum Gasteiger partial charge on any atom is 0.276 e. The zero-order valence-corrected chi connectivity index (χ0v) is 13.4. The molecule has 0 unspecified atom stereocenters. The Balaban J connectivity index is 2.01. The molecule has 1 amide bonds. The number of hydrogen-bond acceptors (Lipinski definition) is 4. The highest BCUT2D eigenvalue weighted by Gasteiger charge is 2.45. The normalized spacial score (nSPS) is 20.5. The van der Waals surface area contributed by atoms with Crippen LogP contribution in [0.15, 0.2) is 53.9 Å². The summed E-state index contributed by atoms with van der Waals surface area (Å²) in [6.45, 7) is 1.94. The van der Waals surface area contributed by atoms with Gasteiger partial charge < -0.3 is 5.11 Å². The Morgan fingerprint density at radius 3 is 2.70 bits per heavy atom. The Hall–Kier alpha value is -2.24. The summed E-state index contributed by atoms with van der Waals surface area (Å²) in [6, 6.07) is 9.98. The van der Waals surface area contributed by atoms with Crippen molar-refractivity contribution in [3.05, 3.63) is 64.9 Å². The van der Waals surface area contributed by atoms with E-state index in [0.717, 1.165) is 10.7 Å². The van der Waals surface area contributed by atoms with E-state index in [9.17, 15) is 9.90 Å². The number of nitrogens with zero attached hydrogens (tertiary/aromatic N) is 3. The van der Waals surface area contributed by atoms with Crippen LogP contribution in [0.5, 0.6) is 0 Å². The number of aliphatic hydroxyl groups is 1. The summed E-state index contributed by atoms with van der Waals surface area (Å²) in [7, 11) is 0. The molecular weight excluding hydrogens is 314 g/mol. The fourth-order valence-corrected chi connectivity index (χ4v) is 2.69. The lowest BCUT2D eigenvalue weighted by atomic mass is 9.97. The summed E-state index contributed by atoms with van der Waals surface area (Å²) in [4.78, 5) is 16.8. The largest absolute Gasteiger partial charge is 0.365 e. The van der Waals surface area contributed by atoms with Crippen molar-refractivity contribution < 1.29 is 9.90 Å². The average Bonchev–Trinajstić information content (AvgIpc) is 2.94. The summed E-state index contributed by atoms with van der Waals surface area (Å²) in [5.74, 6) is -0.378. The molecule has 6 heteroatoms. The first-order chi connectivity index (χ1) is 11.0. The van der Waals surface area contributed by atoms with Crippen LogP contribution in [0.3, 0.4) is 0 Å². The minimum absolute atomic E-state index is 0.272. The molecule has 1 aliphatic rings. The lowest BCUT2D eigenvalue weighted by Gasteiger charge is -2.31. The van der Waals surface area contributed by atoms with Crippen molar-refractivity contribution in [2.75, 3.05) is 0 Å². The topological polar surface area (TPSA) is 65.8 Å². The van der Waals surface area contributed by atoms with Crippen molar-refractivity contribution in [1.29, 1.82) is 0 Å². The molecule has 0 fully saturated rings. The Morgan fingerprint density at radius 2 is 2.09 bits per heavy atom. The van der Waals surface area contributed by atoms with Crippen molar-refractivity contribution in [3.8, 4) is 0 Å². The number of carbonyl (C=O) groups is 1. The average molecular weight is 330 g/mol. The molecule has 0 radical (unpaired) electrons. The predicted octanol–water partition coefficient (Wildman–Crippen LogP) is 3.19. The minimum atomic E-state index is -1.52. The first-order valence-corrected chi connectivity index (χ1v) is 7.72. The van der Waals surface area contributed by atoms with Gasteiger partial charge in [0.25, 0.3) is 5.91 Å². The lowest BCUT2D eigenvalue weighted by molar-refractivity contribution is -0.0767. The van der Waals surface area contributed by atoms with Gasteiger partial charge in [-0.25, -0.2) is 0 Å². The Bertz CT molecular complexity index is 746. The van der Waals surface area contributed by atoms with Crippen molar-refractivity contribution in [3.63, 3.8) is 0 Å². The molecule has 1 atom stereocenters. The summed E-state index contributed by atoms with van der Waals surface area (Å²) < 4.78 is 0. The highest BCUT2D eigenvalue weighted by molar-refractivity contribution is 6.30. The van der Waals surface area contributed by atoms with E-state index >= 15 is 0 Å². The maximum absolute atomic E-state index is 12.8. The number of hydrogen-bond donors (Lipinski definition) is 1. The molecule has 0 aliphatic carbocycles. The second-order valence-corrected chi connectivity index (χ2v) is 5.82. The second-order valence-electron chi connectivity index (χ2n) is 5.38. The quantitative estimate of drug-likeness (QED) is 0.940. The van der Waals surface area contributed by atoms with Crippen molar-refractivity contribution in [2.24, 2.45) is 5.10 Å². The molecule has 0 saturated heterocycles. The molecule has 0 saturated carbocycles. The molecule has 23 heavy (non-hydrogen) atoms. The molecule has 2 aromatic rings. The van der Waals surface area contributed by atoms with E-state index in [4.69, 9.17) is 11.6 Å². The van der Waals surface area contributed by atoms with Crippen LogP contribution in [0.2, 0.25) is 5.02 Å². The zero-order valence-electron chi connectivity index (χ0n) is 12.6. The molecule has 1 N–H and O–H groups in total. The molecular formula is C17H16ClN3O2. The summed E-state index contributed by atoms with van der Waals surface area (Å²) >= 11 is 5.86. The second kappa shape index (κ2) is 6.10. The SMILES string of the molecule is CCC1=NN(C(=O)c2ccc(Cl)cc2)[C@](O)(c2cccnc2)C1. The van der Waals surface area contributed by atoms with E-state index < -0.39 is 5.72 Å². The maximum atomic E-state index is 12.8. The molecule has 0 spiro atoms.